The van der Waals surface area contributed by atoms with Crippen molar-refractivity contribution in [3.63, 3.8) is 0 Å². The Labute approximate surface area is 148 Å². The van der Waals surface area contributed by atoms with E-state index in [0.717, 1.165) is 12.3 Å². The number of methoxy groups -OCH3 is 1. The molecule has 0 spiro atoms. The molecule has 0 unspecified atom stereocenters. The van der Waals surface area contributed by atoms with Crippen molar-refractivity contribution in [2.75, 3.05) is 12.0 Å². The number of imide groups is 2. The molecule has 1 atom stereocenters. The van der Waals surface area contributed by atoms with Crippen LogP contribution in [-0.2, 0) is 9.59 Å². The molecule has 3 rings (SSSR count). The van der Waals surface area contributed by atoms with Gasteiger partial charge in [0.15, 0.2) is 5.92 Å². The van der Waals surface area contributed by atoms with Gasteiger partial charge >= 0.3 is 6.03 Å². The highest BCUT2D eigenvalue weighted by molar-refractivity contribution is 6.32. The summed E-state index contributed by atoms with van der Waals surface area (Å²) in [5.41, 5.74) is 0.224. The molecule has 2 aromatic carbocycles. The SMILES string of the molecule is COc1cccc(N=C[C@H]2C(=O)NC(=O)N(c3ccccc3F)C2=O)c1. The van der Waals surface area contributed by atoms with E-state index in [1.54, 1.807) is 24.3 Å². The van der Waals surface area contributed by atoms with Gasteiger partial charge in [0.25, 0.3) is 5.91 Å². The summed E-state index contributed by atoms with van der Waals surface area (Å²) < 4.78 is 19.0. The largest absolute Gasteiger partial charge is 0.497 e. The average molecular weight is 355 g/mol. The summed E-state index contributed by atoms with van der Waals surface area (Å²) in [5, 5.41) is 2.04. The lowest BCUT2D eigenvalue weighted by Crippen LogP contribution is -2.58. The maximum absolute atomic E-state index is 14.0. The molecule has 1 saturated heterocycles. The zero-order chi connectivity index (χ0) is 18.7. The van der Waals surface area contributed by atoms with Crippen molar-refractivity contribution in [3.8, 4) is 5.75 Å². The second-order valence-electron chi connectivity index (χ2n) is 5.38. The summed E-state index contributed by atoms with van der Waals surface area (Å²) in [6, 6.07) is 11.0. The average Bonchev–Trinajstić information content (AvgIpc) is 2.63. The molecule has 2 aromatic rings. The van der Waals surface area contributed by atoms with E-state index in [1.807, 2.05) is 5.32 Å². The van der Waals surface area contributed by atoms with E-state index >= 15 is 0 Å². The fourth-order valence-corrected chi connectivity index (χ4v) is 2.43. The minimum absolute atomic E-state index is 0.234. The molecular weight excluding hydrogens is 341 g/mol. The number of anilines is 1. The summed E-state index contributed by atoms with van der Waals surface area (Å²) in [4.78, 5) is 41.3. The number of amides is 4. The van der Waals surface area contributed by atoms with Crippen LogP contribution in [0.25, 0.3) is 0 Å². The van der Waals surface area contributed by atoms with Crippen LogP contribution >= 0.6 is 0 Å². The van der Waals surface area contributed by atoms with E-state index in [-0.39, 0.29) is 5.69 Å². The number of rotatable bonds is 4. The summed E-state index contributed by atoms with van der Waals surface area (Å²) >= 11 is 0. The number of nitrogens with zero attached hydrogens (tertiary/aromatic N) is 2. The highest BCUT2D eigenvalue weighted by atomic mass is 19.1. The minimum atomic E-state index is -1.36. The van der Waals surface area contributed by atoms with E-state index in [4.69, 9.17) is 4.74 Å². The summed E-state index contributed by atoms with van der Waals surface area (Å²) in [5.74, 6) is -3.26. The highest BCUT2D eigenvalue weighted by Crippen LogP contribution is 2.24. The number of halogens is 1. The Bertz CT molecular complexity index is 913. The predicted molar refractivity (Wildman–Crippen MR) is 92.1 cm³/mol. The first-order valence-corrected chi connectivity index (χ1v) is 7.63. The molecule has 132 valence electrons. The number of benzene rings is 2. The standard InChI is InChI=1S/C18H14FN3O4/c1-26-12-6-4-5-11(9-12)20-10-13-16(23)21-18(25)22(17(13)24)15-8-3-2-7-14(15)19/h2-10,13H,1H3,(H,21,23,25)/t13-/m0/s1. The van der Waals surface area contributed by atoms with Crippen molar-refractivity contribution in [1.29, 1.82) is 0 Å². The van der Waals surface area contributed by atoms with Crippen molar-refractivity contribution in [2.24, 2.45) is 10.9 Å². The number of barbiturate groups is 1. The molecule has 8 heteroatoms. The van der Waals surface area contributed by atoms with Gasteiger partial charge in [0.2, 0.25) is 5.91 Å². The number of carbonyl (C=O) groups excluding carboxylic acids is 3. The third kappa shape index (κ3) is 3.30. The molecule has 0 saturated carbocycles. The molecule has 1 heterocycles. The first-order valence-electron chi connectivity index (χ1n) is 7.63. The Morgan fingerprint density at radius 2 is 1.92 bits per heavy atom. The van der Waals surface area contributed by atoms with Crippen LogP contribution in [0.15, 0.2) is 53.5 Å². The van der Waals surface area contributed by atoms with Gasteiger partial charge in [-0.05, 0) is 24.3 Å². The molecule has 0 aromatic heterocycles. The minimum Gasteiger partial charge on any atom is -0.497 e. The van der Waals surface area contributed by atoms with Crippen LogP contribution in [0.2, 0.25) is 0 Å². The Morgan fingerprint density at radius 3 is 2.65 bits per heavy atom. The van der Waals surface area contributed by atoms with Crippen molar-refractivity contribution in [1.82, 2.24) is 5.32 Å². The van der Waals surface area contributed by atoms with Gasteiger partial charge in [0, 0.05) is 12.3 Å². The van der Waals surface area contributed by atoms with E-state index in [9.17, 15) is 18.8 Å². The summed E-state index contributed by atoms with van der Waals surface area (Å²) in [6.07, 6.45) is 1.12. The fraction of sp³-hybridized carbons (Fsp3) is 0.111. The van der Waals surface area contributed by atoms with Crippen molar-refractivity contribution in [3.05, 3.63) is 54.3 Å². The van der Waals surface area contributed by atoms with Crippen LogP contribution in [0.4, 0.5) is 20.6 Å². The lowest BCUT2D eigenvalue weighted by atomic mass is 10.1. The number of nitrogens with one attached hydrogen (secondary N) is 1. The molecule has 1 N–H and O–H groups in total. The maximum Gasteiger partial charge on any atom is 0.335 e. The van der Waals surface area contributed by atoms with Crippen molar-refractivity contribution >= 4 is 35.4 Å². The first kappa shape index (κ1) is 17.3. The van der Waals surface area contributed by atoms with Crippen LogP contribution in [0.5, 0.6) is 5.75 Å². The molecule has 4 amide bonds. The van der Waals surface area contributed by atoms with Crippen LogP contribution in [-0.4, -0.2) is 31.2 Å². The molecule has 26 heavy (non-hydrogen) atoms. The second-order valence-corrected chi connectivity index (χ2v) is 5.38. The lowest BCUT2D eigenvalue weighted by molar-refractivity contribution is -0.131. The second kappa shape index (κ2) is 7.14. The van der Waals surface area contributed by atoms with E-state index in [1.165, 1.54) is 25.3 Å². The topological polar surface area (TPSA) is 88.1 Å². The van der Waals surface area contributed by atoms with Gasteiger partial charge in [-0.1, -0.05) is 18.2 Å². The predicted octanol–water partition coefficient (Wildman–Crippen LogP) is 2.44. The van der Waals surface area contributed by atoms with Gasteiger partial charge < -0.3 is 4.74 Å². The van der Waals surface area contributed by atoms with Gasteiger partial charge in [-0.25, -0.2) is 14.1 Å². The van der Waals surface area contributed by atoms with Gasteiger partial charge in [-0.3, -0.25) is 19.9 Å². The van der Waals surface area contributed by atoms with E-state index in [2.05, 4.69) is 4.99 Å². The molecule has 1 aliphatic rings. The van der Waals surface area contributed by atoms with Crippen molar-refractivity contribution < 1.29 is 23.5 Å². The highest BCUT2D eigenvalue weighted by Gasteiger charge is 2.41. The molecular formula is C18H14FN3O4. The number of carbonyl (C=O) groups is 3. The number of hydrogen-bond acceptors (Lipinski definition) is 5. The Hall–Kier alpha value is -3.55. The normalized spacial score (nSPS) is 17.5. The molecule has 0 bridgehead atoms. The zero-order valence-electron chi connectivity index (χ0n) is 13.7. The summed E-state index contributed by atoms with van der Waals surface area (Å²) in [7, 11) is 1.50. The van der Waals surface area contributed by atoms with E-state index in [0.29, 0.717) is 16.3 Å². The molecule has 7 nitrogen and oxygen atoms in total. The smallest absolute Gasteiger partial charge is 0.335 e. The fourth-order valence-electron chi connectivity index (χ4n) is 2.43. The third-order valence-electron chi connectivity index (χ3n) is 3.72. The Balaban J connectivity index is 1.90. The zero-order valence-corrected chi connectivity index (χ0v) is 13.7. The lowest BCUT2D eigenvalue weighted by Gasteiger charge is -2.28. The van der Waals surface area contributed by atoms with Crippen molar-refractivity contribution in [2.45, 2.75) is 0 Å². The monoisotopic (exact) mass is 355 g/mol. The van der Waals surface area contributed by atoms with Crippen LogP contribution in [0.1, 0.15) is 0 Å². The van der Waals surface area contributed by atoms with Crippen LogP contribution in [0, 0.1) is 11.7 Å². The molecule has 1 aliphatic heterocycles. The van der Waals surface area contributed by atoms with Gasteiger partial charge in [0.05, 0.1) is 18.5 Å². The van der Waals surface area contributed by atoms with Crippen LogP contribution < -0.4 is 15.0 Å². The number of hydrogen-bond donors (Lipinski definition) is 1. The number of urea groups is 1. The molecule has 0 radical (unpaired) electrons. The Morgan fingerprint density at radius 1 is 1.15 bits per heavy atom. The van der Waals surface area contributed by atoms with Crippen LogP contribution in [0.3, 0.4) is 0 Å². The van der Waals surface area contributed by atoms with E-state index < -0.39 is 29.6 Å². The van der Waals surface area contributed by atoms with Gasteiger partial charge in [-0.15, -0.1) is 0 Å². The van der Waals surface area contributed by atoms with Gasteiger partial charge in [-0.2, -0.15) is 0 Å². The third-order valence-corrected chi connectivity index (χ3v) is 3.72. The quantitative estimate of drug-likeness (QED) is 0.674. The number of ether oxygens (including phenoxy) is 1. The first-order chi connectivity index (χ1) is 12.5. The Kier molecular flexibility index (Phi) is 4.74. The number of aliphatic imine (C=N–C) groups is 1. The molecule has 1 fully saturated rings. The van der Waals surface area contributed by atoms with Gasteiger partial charge in [0.1, 0.15) is 11.6 Å². The summed E-state index contributed by atoms with van der Waals surface area (Å²) in [6.45, 7) is 0. The maximum atomic E-state index is 14.0. The number of para-hydroxylation sites is 1. The molecule has 0 aliphatic carbocycles.